The smallest absolute Gasteiger partial charge is 0.376 e. The van der Waals surface area contributed by atoms with Gasteiger partial charge in [0.1, 0.15) is 6.54 Å². The quantitative estimate of drug-likeness (QED) is 0.343. The maximum atomic E-state index is 13.6. The Morgan fingerprint density at radius 3 is 2.47 bits per heavy atom. The van der Waals surface area contributed by atoms with Crippen molar-refractivity contribution in [3.63, 3.8) is 0 Å². The maximum Gasteiger partial charge on any atom is 0.416 e. The van der Waals surface area contributed by atoms with E-state index in [1.807, 2.05) is 49.4 Å². The summed E-state index contributed by atoms with van der Waals surface area (Å²) in [6.07, 6.45) is -3.19. The molecule has 1 aliphatic heterocycles. The first-order valence-electron chi connectivity index (χ1n) is 12.4. The number of anilines is 1. The highest BCUT2D eigenvalue weighted by Crippen LogP contribution is 2.30. The van der Waals surface area contributed by atoms with Crippen molar-refractivity contribution in [2.24, 2.45) is 0 Å². The van der Waals surface area contributed by atoms with Crippen molar-refractivity contribution in [2.75, 3.05) is 25.0 Å². The zero-order chi connectivity index (χ0) is 27.1. The fourth-order valence-corrected chi connectivity index (χ4v) is 5.19. The van der Waals surface area contributed by atoms with E-state index in [0.717, 1.165) is 40.3 Å². The molecule has 3 amide bonds. The Kier molecular flexibility index (Phi) is 9.06. The van der Waals surface area contributed by atoms with Crippen LogP contribution in [0.2, 0.25) is 0 Å². The lowest BCUT2D eigenvalue weighted by Crippen LogP contribution is -2.46. The Morgan fingerprint density at radius 1 is 1.03 bits per heavy atom. The summed E-state index contributed by atoms with van der Waals surface area (Å²) in [5, 5.41) is 2.54. The topological polar surface area (TPSA) is 61.9 Å². The molecule has 38 heavy (non-hydrogen) atoms. The molecule has 1 saturated heterocycles. The van der Waals surface area contributed by atoms with Crippen LogP contribution in [0.4, 0.5) is 23.7 Å². The molecule has 1 atom stereocenters. The van der Waals surface area contributed by atoms with Gasteiger partial charge in [0.05, 0.1) is 18.2 Å². The van der Waals surface area contributed by atoms with E-state index in [1.54, 1.807) is 16.2 Å². The third-order valence-corrected chi connectivity index (χ3v) is 7.20. The zero-order valence-corrected chi connectivity index (χ0v) is 21.9. The number of nitrogens with zero attached hydrogens (tertiary/aromatic N) is 2. The van der Waals surface area contributed by atoms with Crippen molar-refractivity contribution in [1.29, 1.82) is 0 Å². The Hall–Kier alpha value is -3.37. The van der Waals surface area contributed by atoms with Crippen molar-refractivity contribution < 1.29 is 27.5 Å². The second kappa shape index (κ2) is 12.4. The van der Waals surface area contributed by atoms with Gasteiger partial charge in [-0.25, -0.2) is 4.79 Å². The number of carbonyl (C=O) groups is 2. The lowest BCUT2D eigenvalue weighted by Gasteiger charge is -2.29. The van der Waals surface area contributed by atoms with Crippen LogP contribution < -0.4 is 5.32 Å². The maximum absolute atomic E-state index is 13.6. The van der Waals surface area contributed by atoms with E-state index in [9.17, 15) is 22.8 Å². The van der Waals surface area contributed by atoms with Crippen LogP contribution >= 0.6 is 11.3 Å². The molecule has 202 valence electrons. The predicted octanol–water partition coefficient (Wildman–Crippen LogP) is 6.32. The molecule has 2 heterocycles. The van der Waals surface area contributed by atoms with Gasteiger partial charge in [-0.05, 0) is 55.7 Å². The van der Waals surface area contributed by atoms with Gasteiger partial charge in [0.2, 0.25) is 5.91 Å². The van der Waals surface area contributed by atoms with Crippen LogP contribution in [-0.2, 0) is 28.8 Å². The molecule has 3 aromatic rings. The van der Waals surface area contributed by atoms with Gasteiger partial charge in [0, 0.05) is 35.1 Å². The summed E-state index contributed by atoms with van der Waals surface area (Å²) in [7, 11) is 0. The molecule has 0 spiro atoms. The molecule has 1 aromatic heterocycles. The number of nitrogens with one attached hydrogen (secondary N) is 1. The van der Waals surface area contributed by atoms with Gasteiger partial charge >= 0.3 is 12.2 Å². The minimum Gasteiger partial charge on any atom is -0.376 e. The third kappa shape index (κ3) is 7.82. The summed E-state index contributed by atoms with van der Waals surface area (Å²) in [6.45, 7) is 3.24. The number of hydrogen-bond acceptors (Lipinski definition) is 4. The molecule has 1 aliphatic rings. The number of aryl methyl sites for hydroxylation is 1. The molecule has 10 heteroatoms. The van der Waals surface area contributed by atoms with E-state index in [1.165, 1.54) is 17.0 Å². The molecular weight excluding hydrogens is 515 g/mol. The van der Waals surface area contributed by atoms with Crippen molar-refractivity contribution in [2.45, 2.75) is 45.1 Å². The number of amides is 3. The van der Waals surface area contributed by atoms with Crippen molar-refractivity contribution in [1.82, 2.24) is 9.80 Å². The summed E-state index contributed by atoms with van der Waals surface area (Å²) in [4.78, 5) is 32.0. The first-order valence-corrected chi connectivity index (χ1v) is 13.2. The highest BCUT2D eigenvalue weighted by Gasteiger charge is 2.31. The van der Waals surface area contributed by atoms with Crippen LogP contribution in [0.1, 0.15) is 33.7 Å². The standard InChI is InChI=1S/C28H30F3N3O3S/c1-20-12-13-25(38-20)18-33(16-21-7-3-2-4-8-21)26(35)19-34(17-24-11-6-14-37-24)27(36)32-23-10-5-9-22(15-23)28(29,30)31/h2-5,7-10,12-13,15,24H,6,11,14,16-19H2,1H3,(H,32,36). The predicted molar refractivity (Wildman–Crippen MR) is 141 cm³/mol. The van der Waals surface area contributed by atoms with Gasteiger partial charge in [-0.3, -0.25) is 4.79 Å². The van der Waals surface area contributed by atoms with E-state index in [0.29, 0.717) is 19.7 Å². The Bertz CT molecular complexity index is 1230. The van der Waals surface area contributed by atoms with E-state index in [2.05, 4.69) is 5.32 Å². The van der Waals surface area contributed by atoms with Gasteiger partial charge in [0.25, 0.3) is 0 Å². The molecule has 0 bridgehead atoms. The highest BCUT2D eigenvalue weighted by atomic mass is 32.1. The minimum atomic E-state index is -4.54. The molecule has 1 fully saturated rings. The summed E-state index contributed by atoms with van der Waals surface area (Å²) in [6, 6.07) is 17.3. The molecule has 1 N–H and O–H groups in total. The number of halogens is 3. The van der Waals surface area contributed by atoms with E-state index < -0.39 is 17.8 Å². The molecule has 6 nitrogen and oxygen atoms in total. The number of ether oxygens (including phenoxy) is 1. The molecule has 0 aliphatic carbocycles. The SMILES string of the molecule is Cc1ccc(CN(Cc2ccccc2)C(=O)CN(CC2CCCO2)C(=O)Nc2cccc(C(F)(F)F)c2)s1. The molecule has 4 rings (SSSR count). The average Bonchev–Trinajstić information content (AvgIpc) is 3.55. The van der Waals surface area contributed by atoms with E-state index in [4.69, 9.17) is 4.74 Å². The first-order chi connectivity index (χ1) is 18.2. The number of rotatable bonds is 9. The Morgan fingerprint density at radius 2 is 1.82 bits per heavy atom. The fourth-order valence-electron chi connectivity index (χ4n) is 4.29. The molecule has 0 saturated carbocycles. The fraction of sp³-hybridized carbons (Fsp3) is 0.357. The Labute approximate surface area is 224 Å². The van der Waals surface area contributed by atoms with Crippen LogP contribution in [0.3, 0.4) is 0 Å². The van der Waals surface area contributed by atoms with Gasteiger partial charge in [-0.2, -0.15) is 13.2 Å². The number of carbonyl (C=O) groups excluding carboxylic acids is 2. The minimum absolute atomic E-state index is 0.00446. The average molecular weight is 546 g/mol. The summed E-state index contributed by atoms with van der Waals surface area (Å²) < 4.78 is 45.2. The van der Waals surface area contributed by atoms with Crippen molar-refractivity contribution >= 4 is 29.0 Å². The van der Waals surface area contributed by atoms with Crippen LogP contribution in [0, 0.1) is 6.92 Å². The number of benzene rings is 2. The van der Waals surface area contributed by atoms with Gasteiger partial charge < -0.3 is 19.9 Å². The van der Waals surface area contributed by atoms with Crippen molar-refractivity contribution in [3.8, 4) is 0 Å². The second-order valence-electron chi connectivity index (χ2n) is 9.27. The highest BCUT2D eigenvalue weighted by molar-refractivity contribution is 7.11. The third-order valence-electron chi connectivity index (χ3n) is 6.21. The molecular formula is C28H30F3N3O3S. The zero-order valence-electron chi connectivity index (χ0n) is 21.0. The largest absolute Gasteiger partial charge is 0.416 e. The first kappa shape index (κ1) is 27.7. The summed E-state index contributed by atoms with van der Waals surface area (Å²) in [5.41, 5.74) is 0.0929. The van der Waals surface area contributed by atoms with Crippen LogP contribution in [0.15, 0.2) is 66.7 Å². The molecule has 2 aromatic carbocycles. The van der Waals surface area contributed by atoms with Gasteiger partial charge in [-0.15, -0.1) is 11.3 Å². The van der Waals surface area contributed by atoms with Crippen LogP contribution in [0.25, 0.3) is 0 Å². The van der Waals surface area contributed by atoms with Gasteiger partial charge in [0.15, 0.2) is 0 Å². The lowest BCUT2D eigenvalue weighted by atomic mass is 10.2. The number of alkyl halides is 3. The molecule has 1 unspecified atom stereocenters. The van der Waals surface area contributed by atoms with E-state index >= 15 is 0 Å². The normalized spacial score (nSPS) is 15.3. The monoisotopic (exact) mass is 545 g/mol. The van der Waals surface area contributed by atoms with Crippen LogP contribution in [0.5, 0.6) is 0 Å². The number of urea groups is 1. The Balaban J connectivity index is 1.52. The second-order valence-corrected chi connectivity index (χ2v) is 10.6. The molecule has 0 radical (unpaired) electrons. The lowest BCUT2D eigenvalue weighted by molar-refractivity contribution is -0.137. The summed E-state index contributed by atoms with van der Waals surface area (Å²) >= 11 is 1.60. The number of thiophene rings is 1. The summed E-state index contributed by atoms with van der Waals surface area (Å²) in [5.74, 6) is -0.267. The van der Waals surface area contributed by atoms with E-state index in [-0.39, 0.29) is 30.8 Å². The van der Waals surface area contributed by atoms with Crippen molar-refractivity contribution in [3.05, 3.63) is 87.6 Å². The number of hydrogen-bond donors (Lipinski definition) is 1. The van der Waals surface area contributed by atoms with Gasteiger partial charge in [-0.1, -0.05) is 36.4 Å². The van der Waals surface area contributed by atoms with Crippen LogP contribution in [-0.4, -0.2) is 47.5 Å².